The summed E-state index contributed by atoms with van der Waals surface area (Å²) in [5.74, 6) is 0. The van der Waals surface area contributed by atoms with Crippen LogP contribution >= 0.6 is 34.8 Å². The molecule has 2 aromatic carbocycles. The Morgan fingerprint density at radius 2 is 1.68 bits per heavy atom. The Kier molecular flexibility index (Phi) is 5.15. The molecule has 19 heavy (non-hydrogen) atoms. The zero-order valence-corrected chi connectivity index (χ0v) is 12.9. The van der Waals surface area contributed by atoms with Gasteiger partial charge in [-0.05, 0) is 29.2 Å². The first kappa shape index (κ1) is 14.7. The minimum Gasteiger partial charge on any atom is -0.113 e. The third-order valence-electron chi connectivity index (χ3n) is 3.07. The highest BCUT2D eigenvalue weighted by atomic mass is 35.5. The third-order valence-corrected chi connectivity index (χ3v) is 4.39. The third kappa shape index (κ3) is 3.45. The van der Waals surface area contributed by atoms with E-state index >= 15 is 0 Å². The van der Waals surface area contributed by atoms with E-state index in [1.807, 2.05) is 12.1 Å². The number of halogens is 3. The lowest BCUT2D eigenvalue weighted by atomic mass is 10.0. The van der Waals surface area contributed by atoms with Crippen LogP contribution in [0.4, 0.5) is 0 Å². The van der Waals surface area contributed by atoms with Gasteiger partial charge in [0.15, 0.2) is 0 Å². The highest BCUT2D eigenvalue weighted by Crippen LogP contribution is 2.36. The molecule has 0 bridgehead atoms. The lowest BCUT2D eigenvalue weighted by Gasteiger charge is -2.13. The van der Waals surface area contributed by atoms with Gasteiger partial charge in [0, 0.05) is 0 Å². The molecule has 0 spiro atoms. The molecular weight excluding hydrogens is 299 g/mol. The molecule has 0 aliphatic rings. The summed E-state index contributed by atoms with van der Waals surface area (Å²) in [5, 5.41) is 0.788. The Bertz CT molecular complexity index is 546. The first-order valence-corrected chi connectivity index (χ1v) is 7.49. The van der Waals surface area contributed by atoms with E-state index in [2.05, 4.69) is 31.2 Å². The van der Waals surface area contributed by atoms with Gasteiger partial charge in [-0.15, -0.1) is 11.6 Å². The normalized spacial score (nSPS) is 12.4. The van der Waals surface area contributed by atoms with Gasteiger partial charge in [-0.2, -0.15) is 0 Å². The van der Waals surface area contributed by atoms with E-state index in [4.69, 9.17) is 34.8 Å². The summed E-state index contributed by atoms with van der Waals surface area (Å²) in [4.78, 5) is 0. The molecule has 0 heterocycles. The molecule has 0 saturated heterocycles. The Labute approximate surface area is 129 Å². The van der Waals surface area contributed by atoms with E-state index in [9.17, 15) is 0 Å². The van der Waals surface area contributed by atoms with Crippen molar-refractivity contribution in [3.8, 4) is 0 Å². The van der Waals surface area contributed by atoms with E-state index in [0.717, 1.165) is 24.0 Å². The summed E-state index contributed by atoms with van der Waals surface area (Å²) in [6.07, 6.45) is 2.23. The summed E-state index contributed by atoms with van der Waals surface area (Å²) >= 11 is 18.7. The molecule has 0 fully saturated rings. The van der Waals surface area contributed by atoms with Crippen molar-refractivity contribution in [1.29, 1.82) is 0 Å². The van der Waals surface area contributed by atoms with Gasteiger partial charge in [0.05, 0.1) is 15.4 Å². The van der Waals surface area contributed by atoms with Crippen molar-refractivity contribution in [2.24, 2.45) is 0 Å². The van der Waals surface area contributed by atoms with Gasteiger partial charge in [0.25, 0.3) is 0 Å². The molecule has 0 aliphatic carbocycles. The van der Waals surface area contributed by atoms with E-state index in [1.54, 1.807) is 6.07 Å². The fourth-order valence-electron chi connectivity index (χ4n) is 2.04. The maximum Gasteiger partial charge on any atom is 0.0850 e. The number of hydrogen-bond donors (Lipinski definition) is 0. The van der Waals surface area contributed by atoms with Crippen LogP contribution in [-0.2, 0) is 6.42 Å². The average molecular weight is 314 g/mol. The monoisotopic (exact) mass is 312 g/mol. The van der Waals surface area contributed by atoms with Crippen LogP contribution in [0.15, 0.2) is 42.5 Å². The molecule has 0 aromatic heterocycles. The summed E-state index contributed by atoms with van der Waals surface area (Å²) in [6.45, 7) is 2.17. The van der Waals surface area contributed by atoms with Gasteiger partial charge >= 0.3 is 0 Å². The maximum absolute atomic E-state index is 6.50. The van der Waals surface area contributed by atoms with Gasteiger partial charge in [-0.3, -0.25) is 0 Å². The molecule has 3 heteroatoms. The smallest absolute Gasteiger partial charge is 0.0850 e. The van der Waals surface area contributed by atoms with E-state index < -0.39 is 0 Å². The molecular formula is C16H15Cl3. The summed E-state index contributed by atoms with van der Waals surface area (Å²) in [7, 11) is 0. The van der Waals surface area contributed by atoms with Crippen LogP contribution in [-0.4, -0.2) is 0 Å². The van der Waals surface area contributed by atoms with E-state index in [-0.39, 0.29) is 5.38 Å². The highest BCUT2D eigenvalue weighted by Gasteiger charge is 2.15. The Balaban J connectivity index is 2.28. The molecule has 0 N–H and O–H groups in total. The number of aryl methyl sites for hydroxylation is 1. The quantitative estimate of drug-likeness (QED) is 0.583. The standard InChI is InChI=1S/C16H15Cl3/c1-2-4-11-7-9-12(10-8-11)15(18)13-5-3-6-14(17)16(13)19/h3,5-10,15H,2,4H2,1H3. The molecule has 1 unspecified atom stereocenters. The summed E-state index contributed by atoms with van der Waals surface area (Å²) in [5.41, 5.74) is 3.21. The van der Waals surface area contributed by atoms with Gasteiger partial charge in [0.2, 0.25) is 0 Å². The van der Waals surface area contributed by atoms with Crippen LogP contribution in [0.5, 0.6) is 0 Å². The van der Waals surface area contributed by atoms with Crippen molar-refractivity contribution in [2.45, 2.75) is 25.1 Å². The van der Waals surface area contributed by atoms with Crippen molar-refractivity contribution in [3.63, 3.8) is 0 Å². The largest absolute Gasteiger partial charge is 0.113 e. The summed E-state index contributed by atoms with van der Waals surface area (Å²) in [6, 6.07) is 13.9. The first-order valence-electron chi connectivity index (χ1n) is 6.30. The zero-order valence-electron chi connectivity index (χ0n) is 10.7. The van der Waals surface area contributed by atoms with Gasteiger partial charge in [0.1, 0.15) is 0 Å². The van der Waals surface area contributed by atoms with Crippen LogP contribution in [0.3, 0.4) is 0 Å². The Morgan fingerprint density at radius 3 is 2.32 bits per heavy atom. The lowest BCUT2D eigenvalue weighted by Crippen LogP contribution is -1.95. The zero-order chi connectivity index (χ0) is 13.8. The predicted molar refractivity (Wildman–Crippen MR) is 84.6 cm³/mol. The second kappa shape index (κ2) is 6.65. The fourth-order valence-corrected chi connectivity index (χ4v) is 2.84. The van der Waals surface area contributed by atoms with Crippen LogP contribution in [0.1, 0.15) is 35.4 Å². The number of benzene rings is 2. The Morgan fingerprint density at radius 1 is 1.00 bits per heavy atom. The molecule has 100 valence electrons. The number of alkyl halides is 1. The van der Waals surface area contributed by atoms with Crippen molar-refractivity contribution < 1.29 is 0 Å². The van der Waals surface area contributed by atoms with E-state index in [0.29, 0.717) is 10.0 Å². The van der Waals surface area contributed by atoms with Gasteiger partial charge in [-0.1, -0.05) is 72.9 Å². The highest BCUT2D eigenvalue weighted by molar-refractivity contribution is 6.43. The first-order chi connectivity index (χ1) is 9.13. The van der Waals surface area contributed by atoms with Gasteiger partial charge < -0.3 is 0 Å². The fraction of sp³-hybridized carbons (Fsp3) is 0.250. The number of hydrogen-bond acceptors (Lipinski definition) is 0. The van der Waals surface area contributed by atoms with Crippen molar-refractivity contribution in [3.05, 3.63) is 69.2 Å². The van der Waals surface area contributed by atoms with Crippen LogP contribution in [0.2, 0.25) is 10.0 Å². The molecule has 0 aliphatic heterocycles. The molecule has 2 aromatic rings. The van der Waals surface area contributed by atoms with Crippen LogP contribution < -0.4 is 0 Å². The predicted octanol–water partition coefficient (Wildman–Crippen LogP) is 6.27. The number of rotatable bonds is 4. The maximum atomic E-state index is 6.50. The van der Waals surface area contributed by atoms with Crippen molar-refractivity contribution in [2.75, 3.05) is 0 Å². The van der Waals surface area contributed by atoms with Crippen molar-refractivity contribution in [1.82, 2.24) is 0 Å². The molecule has 0 radical (unpaired) electrons. The topological polar surface area (TPSA) is 0 Å². The lowest BCUT2D eigenvalue weighted by molar-refractivity contribution is 0.920. The molecule has 0 saturated carbocycles. The van der Waals surface area contributed by atoms with E-state index in [1.165, 1.54) is 5.56 Å². The minimum absolute atomic E-state index is 0.276. The average Bonchev–Trinajstić information content (AvgIpc) is 2.42. The second-order valence-electron chi connectivity index (χ2n) is 4.50. The summed E-state index contributed by atoms with van der Waals surface area (Å²) < 4.78 is 0. The molecule has 0 amide bonds. The molecule has 0 nitrogen and oxygen atoms in total. The van der Waals surface area contributed by atoms with Crippen LogP contribution in [0.25, 0.3) is 0 Å². The van der Waals surface area contributed by atoms with Crippen molar-refractivity contribution >= 4 is 34.8 Å². The second-order valence-corrected chi connectivity index (χ2v) is 5.72. The minimum atomic E-state index is -0.276. The Hall–Kier alpha value is -0.690. The molecule has 2 rings (SSSR count). The molecule has 1 atom stereocenters. The van der Waals surface area contributed by atoms with Crippen LogP contribution in [0, 0.1) is 0 Å². The SMILES string of the molecule is CCCc1ccc(C(Cl)c2cccc(Cl)c2Cl)cc1. The van der Waals surface area contributed by atoms with Gasteiger partial charge in [-0.25, -0.2) is 0 Å².